The maximum atomic E-state index is 12.6. The van der Waals surface area contributed by atoms with E-state index in [1.807, 2.05) is 13.8 Å². The summed E-state index contributed by atoms with van der Waals surface area (Å²) in [4.78, 5) is 0. The summed E-state index contributed by atoms with van der Waals surface area (Å²) in [6.45, 7) is 4.34. The van der Waals surface area contributed by atoms with Gasteiger partial charge in [0.25, 0.3) is 0 Å². The monoisotopic (exact) mass is 290 g/mol. The molecule has 20 heavy (non-hydrogen) atoms. The molecule has 1 aromatic carbocycles. The van der Waals surface area contributed by atoms with Crippen molar-refractivity contribution in [1.29, 1.82) is 0 Å². The highest BCUT2D eigenvalue weighted by molar-refractivity contribution is 5.99. The zero-order chi connectivity index (χ0) is 15.3. The highest BCUT2D eigenvalue weighted by Gasteiger charge is 2.31. The number of ether oxygens (including phenoxy) is 1. The molecule has 0 amide bonds. The van der Waals surface area contributed by atoms with Crippen molar-refractivity contribution in [3.63, 3.8) is 0 Å². The Labute approximate surface area is 115 Å². The van der Waals surface area contributed by atoms with E-state index < -0.39 is 17.6 Å². The summed E-state index contributed by atoms with van der Waals surface area (Å²) in [5, 5.41) is 11.4. The Morgan fingerprint density at radius 3 is 2.55 bits per heavy atom. The summed E-state index contributed by atoms with van der Waals surface area (Å²) >= 11 is 0. The minimum absolute atomic E-state index is 0.0777. The fourth-order valence-corrected chi connectivity index (χ4v) is 1.49. The van der Waals surface area contributed by atoms with Gasteiger partial charge in [-0.15, -0.1) is 0 Å². The smallest absolute Gasteiger partial charge is 0.416 e. The average molecular weight is 290 g/mol. The predicted octanol–water partition coefficient (Wildman–Crippen LogP) is 3.22. The van der Waals surface area contributed by atoms with Crippen molar-refractivity contribution >= 4 is 5.84 Å². The molecule has 3 N–H and O–H groups in total. The molecule has 7 heteroatoms. The fraction of sp³-hybridized carbons (Fsp3) is 0.462. The third kappa shape index (κ3) is 4.32. The SMILES string of the molecule is CC(C)CCOc1ccc(C(F)(F)F)cc1/C(N)=N/O. The van der Waals surface area contributed by atoms with Crippen LogP contribution in [0.4, 0.5) is 13.2 Å². The van der Waals surface area contributed by atoms with Crippen LogP contribution in [0, 0.1) is 5.92 Å². The minimum atomic E-state index is -4.50. The van der Waals surface area contributed by atoms with Gasteiger partial charge in [0.1, 0.15) is 5.75 Å². The van der Waals surface area contributed by atoms with Gasteiger partial charge in [-0.25, -0.2) is 0 Å². The summed E-state index contributed by atoms with van der Waals surface area (Å²) in [5.74, 6) is 0.140. The molecule has 0 fully saturated rings. The number of oxime groups is 1. The topological polar surface area (TPSA) is 67.8 Å². The molecular weight excluding hydrogens is 273 g/mol. The lowest BCUT2D eigenvalue weighted by molar-refractivity contribution is -0.137. The Kier molecular flexibility index (Phi) is 5.24. The van der Waals surface area contributed by atoms with Gasteiger partial charge in [-0.2, -0.15) is 13.2 Å². The van der Waals surface area contributed by atoms with Crippen molar-refractivity contribution in [3.8, 4) is 5.75 Å². The second-order valence-corrected chi connectivity index (χ2v) is 4.72. The third-order valence-corrected chi connectivity index (χ3v) is 2.64. The normalized spacial score (nSPS) is 12.8. The minimum Gasteiger partial charge on any atom is -0.493 e. The summed E-state index contributed by atoms with van der Waals surface area (Å²) in [6, 6.07) is 2.88. The molecule has 1 aromatic rings. The van der Waals surface area contributed by atoms with E-state index in [2.05, 4.69) is 5.16 Å². The molecule has 0 atom stereocenters. The van der Waals surface area contributed by atoms with E-state index in [-0.39, 0.29) is 11.3 Å². The number of alkyl halides is 3. The number of nitrogens with zero attached hydrogens (tertiary/aromatic N) is 1. The molecule has 0 saturated heterocycles. The molecule has 0 unspecified atom stereocenters. The van der Waals surface area contributed by atoms with Crippen molar-refractivity contribution in [2.24, 2.45) is 16.8 Å². The first-order chi connectivity index (χ1) is 9.25. The fourth-order valence-electron chi connectivity index (χ4n) is 1.49. The maximum Gasteiger partial charge on any atom is 0.416 e. The van der Waals surface area contributed by atoms with Gasteiger partial charge in [-0.05, 0) is 30.5 Å². The van der Waals surface area contributed by atoms with Gasteiger partial charge in [0.2, 0.25) is 0 Å². The van der Waals surface area contributed by atoms with Gasteiger partial charge < -0.3 is 15.7 Å². The van der Waals surface area contributed by atoms with Gasteiger partial charge in [0, 0.05) is 0 Å². The van der Waals surface area contributed by atoms with Crippen molar-refractivity contribution in [1.82, 2.24) is 0 Å². The quantitative estimate of drug-likeness (QED) is 0.378. The Hall–Kier alpha value is -1.92. The maximum absolute atomic E-state index is 12.6. The molecule has 0 saturated carbocycles. The van der Waals surface area contributed by atoms with Crippen LogP contribution in [0.1, 0.15) is 31.4 Å². The van der Waals surface area contributed by atoms with Gasteiger partial charge in [0.15, 0.2) is 5.84 Å². The number of rotatable bonds is 5. The first-order valence-corrected chi connectivity index (χ1v) is 6.07. The molecule has 0 radical (unpaired) electrons. The molecule has 112 valence electrons. The molecule has 0 heterocycles. The van der Waals surface area contributed by atoms with E-state index in [0.717, 1.165) is 18.6 Å². The van der Waals surface area contributed by atoms with E-state index in [9.17, 15) is 13.2 Å². The Balaban J connectivity index is 3.05. The lowest BCUT2D eigenvalue weighted by Crippen LogP contribution is -2.17. The van der Waals surface area contributed by atoms with E-state index in [0.29, 0.717) is 12.5 Å². The molecular formula is C13H17F3N2O2. The van der Waals surface area contributed by atoms with E-state index in [1.54, 1.807) is 0 Å². The number of nitrogens with two attached hydrogens (primary N) is 1. The number of hydrogen-bond donors (Lipinski definition) is 2. The molecule has 0 aromatic heterocycles. The summed E-state index contributed by atoms with van der Waals surface area (Å²) in [7, 11) is 0. The van der Waals surface area contributed by atoms with Crippen molar-refractivity contribution in [2.45, 2.75) is 26.4 Å². The first-order valence-electron chi connectivity index (χ1n) is 6.07. The molecule has 0 spiro atoms. The van der Waals surface area contributed by atoms with Gasteiger partial charge in [-0.1, -0.05) is 19.0 Å². The number of halogens is 3. The largest absolute Gasteiger partial charge is 0.493 e. The summed E-state index contributed by atoms with van der Waals surface area (Å²) in [6.07, 6.45) is -3.75. The Morgan fingerprint density at radius 2 is 2.05 bits per heavy atom. The zero-order valence-electron chi connectivity index (χ0n) is 11.2. The Bertz CT molecular complexity index is 485. The standard InChI is InChI=1S/C13H17F3N2O2/c1-8(2)5-6-20-11-4-3-9(13(14,15)16)7-10(11)12(17)18-19/h3-4,7-8,19H,5-6H2,1-2H3,(H2,17,18). The van der Waals surface area contributed by atoms with Crippen LogP contribution in [-0.4, -0.2) is 17.6 Å². The van der Waals surface area contributed by atoms with Crippen LogP contribution in [0.3, 0.4) is 0 Å². The zero-order valence-corrected chi connectivity index (χ0v) is 11.2. The molecule has 1 rings (SSSR count). The second kappa shape index (κ2) is 6.49. The van der Waals surface area contributed by atoms with Crippen LogP contribution < -0.4 is 10.5 Å². The third-order valence-electron chi connectivity index (χ3n) is 2.64. The molecule has 0 bridgehead atoms. The van der Waals surface area contributed by atoms with Crippen molar-refractivity contribution < 1.29 is 23.1 Å². The van der Waals surface area contributed by atoms with Crippen LogP contribution in [0.5, 0.6) is 5.75 Å². The Morgan fingerprint density at radius 1 is 1.40 bits per heavy atom. The van der Waals surface area contributed by atoms with Gasteiger partial charge in [0.05, 0.1) is 17.7 Å². The van der Waals surface area contributed by atoms with Crippen LogP contribution in [0.2, 0.25) is 0 Å². The highest BCUT2D eigenvalue weighted by atomic mass is 19.4. The number of amidine groups is 1. The molecule has 4 nitrogen and oxygen atoms in total. The van der Waals surface area contributed by atoms with Crippen LogP contribution in [-0.2, 0) is 6.18 Å². The summed E-state index contributed by atoms with van der Waals surface area (Å²) in [5.41, 5.74) is 4.43. The summed E-state index contributed by atoms with van der Waals surface area (Å²) < 4.78 is 43.3. The first kappa shape index (κ1) is 16.1. The second-order valence-electron chi connectivity index (χ2n) is 4.72. The van der Waals surface area contributed by atoms with E-state index in [1.165, 1.54) is 6.07 Å². The lowest BCUT2D eigenvalue weighted by Gasteiger charge is -2.14. The number of benzene rings is 1. The number of hydrogen-bond acceptors (Lipinski definition) is 3. The molecule has 0 aliphatic rings. The van der Waals surface area contributed by atoms with Gasteiger partial charge >= 0.3 is 6.18 Å². The predicted molar refractivity (Wildman–Crippen MR) is 68.9 cm³/mol. The van der Waals surface area contributed by atoms with Crippen LogP contribution in [0.25, 0.3) is 0 Å². The lowest BCUT2D eigenvalue weighted by atomic mass is 10.1. The van der Waals surface area contributed by atoms with Crippen LogP contribution >= 0.6 is 0 Å². The van der Waals surface area contributed by atoms with Crippen molar-refractivity contribution in [2.75, 3.05) is 6.61 Å². The van der Waals surface area contributed by atoms with Gasteiger partial charge in [-0.3, -0.25) is 0 Å². The van der Waals surface area contributed by atoms with E-state index >= 15 is 0 Å². The average Bonchev–Trinajstić information content (AvgIpc) is 2.36. The van der Waals surface area contributed by atoms with E-state index in [4.69, 9.17) is 15.7 Å². The van der Waals surface area contributed by atoms with Crippen LogP contribution in [0.15, 0.2) is 23.4 Å². The highest BCUT2D eigenvalue weighted by Crippen LogP contribution is 2.32. The molecule has 0 aliphatic carbocycles. The van der Waals surface area contributed by atoms with Crippen molar-refractivity contribution in [3.05, 3.63) is 29.3 Å². The molecule has 0 aliphatic heterocycles.